The first-order valence-corrected chi connectivity index (χ1v) is 24.8. The van der Waals surface area contributed by atoms with Gasteiger partial charge in [0.05, 0.1) is 28.1 Å². The van der Waals surface area contributed by atoms with Gasteiger partial charge in [0, 0.05) is 33.0 Å². The van der Waals surface area contributed by atoms with Gasteiger partial charge in [-0.05, 0) is 120 Å². The Morgan fingerprint density at radius 3 is 1.68 bits per heavy atom. The van der Waals surface area contributed by atoms with Crippen molar-refractivity contribution >= 4 is 82.0 Å². The van der Waals surface area contributed by atoms with E-state index in [0.717, 1.165) is 39.4 Å². The van der Waals surface area contributed by atoms with Crippen molar-refractivity contribution in [3.05, 3.63) is 279 Å². The molecule has 0 bridgehead atoms. The Labute approximate surface area is 418 Å². The van der Waals surface area contributed by atoms with Crippen molar-refractivity contribution in [3.8, 4) is 50.2 Å². The van der Waals surface area contributed by atoms with Gasteiger partial charge in [0.15, 0.2) is 0 Å². The van der Waals surface area contributed by atoms with Crippen molar-refractivity contribution < 1.29 is 0 Å². The van der Waals surface area contributed by atoms with Crippen LogP contribution in [0.2, 0.25) is 0 Å². The number of benzene rings is 13. The number of hydrogen-bond donors (Lipinski definition) is 0. The fourth-order valence-corrected chi connectivity index (χ4v) is 11.4. The van der Waals surface area contributed by atoms with E-state index in [9.17, 15) is 0 Å². The Hall–Kier alpha value is -9.50. The van der Waals surface area contributed by atoms with Gasteiger partial charge in [0.1, 0.15) is 0 Å². The monoisotopic (exact) mass is 914 g/mol. The molecule has 0 saturated carbocycles. The minimum Gasteiger partial charge on any atom is -0.309 e. The Morgan fingerprint density at radius 2 is 0.819 bits per heavy atom. The van der Waals surface area contributed by atoms with E-state index in [4.69, 9.17) is 0 Å². The van der Waals surface area contributed by atoms with Gasteiger partial charge in [-0.15, -0.1) is 0 Å². The van der Waals surface area contributed by atoms with E-state index >= 15 is 0 Å². The maximum atomic E-state index is 2.49. The van der Waals surface area contributed by atoms with Gasteiger partial charge in [0.25, 0.3) is 0 Å². The molecule has 2 nitrogen and oxygen atoms in total. The molecule has 72 heavy (non-hydrogen) atoms. The summed E-state index contributed by atoms with van der Waals surface area (Å²) in [5.41, 5.74) is 16.2. The standard InChI is InChI=1S/C70H46N2/c1-2-19-49(20-3-1)58-40-38-53(46-69(58)72-66-35-15-13-32-64(66)70-59-29-9-7-22-50(59)39-42-68(70)72)52-25-16-26-55(45-52)71(65-34-14-12-28-57(65)54-37-36-47-18-4-5-23-51(47)44-54)67-43-41-62(61-30-10-11-31-63(61)67)60-33-17-24-48-21-6-8-27-56(48)60/h1-46H. The smallest absolute Gasteiger partial charge is 0.0547 e. The van der Waals surface area contributed by atoms with Crippen molar-refractivity contribution in [2.45, 2.75) is 0 Å². The topological polar surface area (TPSA) is 8.17 Å². The average Bonchev–Trinajstić information content (AvgIpc) is 3.80. The van der Waals surface area contributed by atoms with Gasteiger partial charge in [-0.3, -0.25) is 0 Å². The lowest BCUT2D eigenvalue weighted by atomic mass is 9.92. The highest BCUT2D eigenvalue weighted by Crippen LogP contribution is 2.48. The van der Waals surface area contributed by atoms with Gasteiger partial charge in [-0.1, -0.05) is 231 Å². The predicted molar refractivity (Wildman–Crippen MR) is 307 cm³/mol. The quantitative estimate of drug-likeness (QED) is 0.147. The molecule has 14 aromatic rings. The largest absolute Gasteiger partial charge is 0.309 e. The van der Waals surface area contributed by atoms with Crippen LogP contribution < -0.4 is 4.90 Å². The van der Waals surface area contributed by atoms with Crippen LogP contribution in [0.3, 0.4) is 0 Å². The van der Waals surface area contributed by atoms with Gasteiger partial charge in [-0.25, -0.2) is 0 Å². The normalized spacial score (nSPS) is 11.6. The molecular formula is C70H46N2. The molecule has 0 amide bonds. The van der Waals surface area contributed by atoms with Crippen LogP contribution in [-0.4, -0.2) is 4.57 Å². The van der Waals surface area contributed by atoms with Crippen molar-refractivity contribution in [2.75, 3.05) is 4.90 Å². The van der Waals surface area contributed by atoms with Crippen LogP contribution in [0, 0.1) is 0 Å². The minimum absolute atomic E-state index is 1.07. The molecule has 14 rings (SSSR count). The first-order valence-electron chi connectivity index (χ1n) is 24.8. The molecule has 0 aliphatic heterocycles. The summed E-state index contributed by atoms with van der Waals surface area (Å²) in [6.07, 6.45) is 0. The van der Waals surface area contributed by atoms with Crippen LogP contribution in [-0.2, 0) is 0 Å². The van der Waals surface area contributed by atoms with E-state index in [-0.39, 0.29) is 0 Å². The zero-order chi connectivity index (χ0) is 47.5. The van der Waals surface area contributed by atoms with Gasteiger partial charge < -0.3 is 9.47 Å². The Morgan fingerprint density at radius 1 is 0.250 bits per heavy atom. The Bertz CT molecular complexity index is 4400. The van der Waals surface area contributed by atoms with Crippen molar-refractivity contribution in [1.82, 2.24) is 4.57 Å². The molecule has 336 valence electrons. The summed E-state index contributed by atoms with van der Waals surface area (Å²) in [6, 6.07) is 103. The summed E-state index contributed by atoms with van der Waals surface area (Å²) >= 11 is 0. The molecular weight excluding hydrogens is 869 g/mol. The van der Waals surface area contributed by atoms with Crippen LogP contribution in [0.5, 0.6) is 0 Å². The van der Waals surface area contributed by atoms with Crippen LogP contribution >= 0.6 is 0 Å². The molecule has 0 spiro atoms. The highest BCUT2D eigenvalue weighted by Gasteiger charge is 2.23. The third-order valence-corrected chi connectivity index (χ3v) is 14.8. The lowest BCUT2D eigenvalue weighted by Crippen LogP contribution is -2.12. The molecule has 0 atom stereocenters. The summed E-state index contributed by atoms with van der Waals surface area (Å²) in [5.74, 6) is 0. The van der Waals surface area contributed by atoms with Crippen LogP contribution in [0.15, 0.2) is 279 Å². The fourth-order valence-electron chi connectivity index (χ4n) is 11.4. The SMILES string of the molecule is c1ccc(-c2ccc(-c3cccc(N(c4ccccc4-c4ccc5ccccc5c4)c4ccc(-c5cccc6ccccc56)c5ccccc45)c3)cc2-n2c3ccccc3c3c4ccccc4ccc32)cc1. The summed E-state index contributed by atoms with van der Waals surface area (Å²) < 4.78 is 2.49. The second-order valence-corrected chi connectivity index (χ2v) is 18.8. The molecule has 0 radical (unpaired) electrons. The number of para-hydroxylation sites is 2. The van der Waals surface area contributed by atoms with Crippen LogP contribution in [0.25, 0.3) is 115 Å². The number of anilines is 3. The van der Waals surface area contributed by atoms with E-state index in [1.54, 1.807) is 0 Å². The van der Waals surface area contributed by atoms with E-state index < -0.39 is 0 Å². The number of nitrogens with zero attached hydrogens (tertiary/aromatic N) is 2. The zero-order valence-electron chi connectivity index (χ0n) is 39.5. The van der Waals surface area contributed by atoms with E-state index in [1.807, 2.05) is 0 Å². The molecule has 0 saturated heterocycles. The molecule has 1 heterocycles. The lowest BCUT2D eigenvalue weighted by Gasteiger charge is -2.30. The van der Waals surface area contributed by atoms with Crippen molar-refractivity contribution in [3.63, 3.8) is 0 Å². The number of fused-ring (bicyclic) bond motifs is 8. The second kappa shape index (κ2) is 17.2. The zero-order valence-corrected chi connectivity index (χ0v) is 39.5. The molecule has 13 aromatic carbocycles. The van der Waals surface area contributed by atoms with Gasteiger partial charge in [-0.2, -0.15) is 0 Å². The van der Waals surface area contributed by atoms with Crippen molar-refractivity contribution in [1.29, 1.82) is 0 Å². The summed E-state index contributed by atoms with van der Waals surface area (Å²) in [6.45, 7) is 0. The molecule has 0 aliphatic carbocycles. The van der Waals surface area contributed by atoms with E-state index in [2.05, 4.69) is 289 Å². The lowest BCUT2D eigenvalue weighted by molar-refractivity contribution is 1.18. The Balaban J connectivity index is 0.997. The van der Waals surface area contributed by atoms with Crippen LogP contribution in [0.4, 0.5) is 17.1 Å². The maximum Gasteiger partial charge on any atom is 0.0547 e. The predicted octanol–water partition coefficient (Wildman–Crippen LogP) is 19.5. The highest BCUT2D eigenvalue weighted by molar-refractivity contribution is 6.21. The first kappa shape index (κ1) is 41.5. The third kappa shape index (κ3) is 6.88. The van der Waals surface area contributed by atoms with Gasteiger partial charge >= 0.3 is 0 Å². The first-order chi connectivity index (χ1) is 35.7. The Kier molecular flexibility index (Phi) is 9.89. The number of aromatic nitrogens is 1. The average molecular weight is 915 g/mol. The summed E-state index contributed by atoms with van der Waals surface area (Å²) in [5, 5.41) is 12.3. The number of hydrogen-bond acceptors (Lipinski definition) is 1. The third-order valence-electron chi connectivity index (χ3n) is 14.8. The second-order valence-electron chi connectivity index (χ2n) is 18.8. The fraction of sp³-hybridized carbons (Fsp3) is 0. The van der Waals surface area contributed by atoms with Gasteiger partial charge in [0.2, 0.25) is 0 Å². The molecule has 2 heteroatoms. The maximum absolute atomic E-state index is 2.49. The van der Waals surface area contributed by atoms with Crippen LogP contribution in [0.1, 0.15) is 0 Å². The van der Waals surface area contributed by atoms with E-state index in [1.165, 1.54) is 92.7 Å². The number of rotatable bonds is 8. The molecule has 1 aromatic heterocycles. The van der Waals surface area contributed by atoms with Crippen molar-refractivity contribution in [2.24, 2.45) is 0 Å². The minimum atomic E-state index is 1.07. The summed E-state index contributed by atoms with van der Waals surface area (Å²) in [4.78, 5) is 2.49. The van der Waals surface area contributed by atoms with E-state index in [0.29, 0.717) is 0 Å². The molecule has 0 unspecified atom stereocenters. The highest BCUT2D eigenvalue weighted by atomic mass is 15.1. The molecule has 0 N–H and O–H groups in total. The molecule has 0 fully saturated rings. The summed E-state index contributed by atoms with van der Waals surface area (Å²) in [7, 11) is 0. The molecule has 0 aliphatic rings.